The molecule has 0 unspecified atom stereocenters. The van der Waals surface area contributed by atoms with Gasteiger partial charge in [-0.3, -0.25) is 4.79 Å². The lowest BCUT2D eigenvalue weighted by Gasteiger charge is -2.33. The Morgan fingerprint density at radius 3 is 1.93 bits per heavy atom. The summed E-state index contributed by atoms with van der Waals surface area (Å²) in [6, 6.07) is 9.96. The number of anilines is 1. The number of carbonyl (C=O) groups excluding carboxylic acids is 1. The van der Waals surface area contributed by atoms with Crippen LogP contribution in [0.4, 0.5) is 5.69 Å². The number of nitrogens with one attached hydrogen (secondary N) is 1. The van der Waals surface area contributed by atoms with Crippen LogP contribution in [0.3, 0.4) is 0 Å². The quantitative estimate of drug-likeness (QED) is 0.691. The van der Waals surface area contributed by atoms with Gasteiger partial charge in [0.25, 0.3) is 0 Å². The van der Waals surface area contributed by atoms with Gasteiger partial charge in [-0.25, -0.2) is 16.8 Å². The molecule has 8 nitrogen and oxygen atoms in total. The van der Waals surface area contributed by atoms with Crippen LogP contribution in [0.1, 0.15) is 6.92 Å². The Bertz CT molecular complexity index is 1160. The van der Waals surface area contributed by atoms with Crippen molar-refractivity contribution in [2.45, 2.75) is 16.7 Å². The predicted octanol–water partition coefficient (Wildman–Crippen LogP) is 2.65. The Kier molecular flexibility index (Phi) is 6.75. The summed E-state index contributed by atoms with van der Waals surface area (Å²) < 4.78 is 54.0. The summed E-state index contributed by atoms with van der Waals surface area (Å²) in [4.78, 5) is 11.0. The molecule has 12 heteroatoms. The van der Waals surface area contributed by atoms with Gasteiger partial charge in [-0.1, -0.05) is 23.2 Å². The summed E-state index contributed by atoms with van der Waals surface area (Å²) in [5.41, 5.74) is 0.482. The molecule has 0 saturated carbocycles. The number of hydrogen-bond acceptors (Lipinski definition) is 5. The molecule has 2 aromatic carbocycles. The lowest BCUT2D eigenvalue weighted by Crippen LogP contribution is -2.50. The van der Waals surface area contributed by atoms with Crippen molar-refractivity contribution in [1.82, 2.24) is 8.61 Å². The fraction of sp³-hybridized carbons (Fsp3) is 0.278. The van der Waals surface area contributed by atoms with Crippen LogP contribution in [0, 0.1) is 0 Å². The molecule has 1 heterocycles. The van der Waals surface area contributed by atoms with Gasteiger partial charge in [-0.05, 0) is 42.5 Å². The molecule has 1 fully saturated rings. The van der Waals surface area contributed by atoms with E-state index in [2.05, 4.69) is 5.32 Å². The van der Waals surface area contributed by atoms with Gasteiger partial charge in [-0.2, -0.15) is 8.61 Å². The van der Waals surface area contributed by atoms with Gasteiger partial charge < -0.3 is 5.32 Å². The van der Waals surface area contributed by atoms with E-state index in [0.29, 0.717) is 5.69 Å². The third kappa shape index (κ3) is 4.79. The minimum atomic E-state index is -3.91. The maximum Gasteiger partial charge on any atom is 0.244 e. The van der Waals surface area contributed by atoms with Crippen molar-refractivity contribution >= 4 is 54.8 Å². The largest absolute Gasteiger partial charge is 0.326 e. The first kappa shape index (κ1) is 23.0. The number of sulfonamides is 2. The highest BCUT2D eigenvalue weighted by Gasteiger charge is 2.34. The molecule has 1 N–H and O–H groups in total. The molecular formula is C18H19Cl2N3O5S2. The van der Waals surface area contributed by atoms with Crippen molar-refractivity contribution in [2.24, 2.45) is 0 Å². The van der Waals surface area contributed by atoms with Gasteiger partial charge in [-0.15, -0.1) is 0 Å². The van der Waals surface area contributed by atoms with E-state index in [1.807, 2.05) is 0 Å². The smallest absolute Gasteiger partial charge is 0.244 e. The first-order chi connectivity index (χ1) is 14.0. The van der Waals surface area contributed by atoms with E-state index in [1.165, 1.54) is 58.0 Å². The molecule has 1 amide bonds. The Morgan fingerprint density at radius 2 is 1.40 bits per heavy atom. The zero-order valence-corrected chi connectivity index (χ0v) is 19.0. The van der Waals surface area contributed by atoms with Crippen molar-refractivity contribution in [3.8, 4) is 0 Å². The normalized spacial score (nSPS) is 16.4. The highest BCUT2D eigenvalue weighted by Crippen LogP contribution is 2.29. The number of piperazine rings is 1. The molecule has 1 aliphatic rings. The van der Waals surface area contributed by atoms with E-state index in [9.17, 15) is 21.6 Å². The fourth-order valence-electron chi connectivity index (χ4n) is 3.03. The van der Waals surface area contributed by atoms with Crippen LogP contribution < -0.4 is 5.32 Å². The van der Waals surface area contributed by atoms with Crippen molar-refractivity contribution in [1.29, 1.82) is 0 Å². The molecule has 2 aromatic rings. The third-order valence-corrected chi connectivity index (χ3v) is 9.05. The minimum absolute atomic E-state index is 0.00675. The van der Waals surface area contributed by atoms with Gasteiger partial charge in [0.15, 0.2) is 0 Å². The molecule has 1 saturated heterocycles. The number of halogens is 2. The Morgan fingerprint density at radius 1 is 0.867 bits per heavy atom. The molecule has 0 aliphatic carbocycles. The van der Waals surface area contributed by atoms with Crippen LogP contribution in [0.15, 0.2) is 52.3 Å². The first-order valence-corrected chi connectivity index (χ1v) is 12.5. The van der Waals surface area contributed by atoms with E-state index in [-0.39, 0.29) is 51.9 Å². The predicted molar refractivity (Wildman–Crippen MR) is 115 cm³/mol. The SMILES string of the molecule is CC(=O)Nc1ccc(S(=O)(=O)N2CCN(S(=O)(=O)c3cc(Cl)ccc3Cl)CC2)cc1. The van der Waals surface area contributed by atoms with Gasteiger partial charge >= 0.3 is 0 Å². The van der Waals surface area contributed by atoms with Gasteiger partial charge in [0, 0.05) is 43.8 Å². The second kappa shape index (κ2) is 8.81. The molecule has 0 bridgehead atoms. The van der Waals surface area contributed by atoms with E-state index in [1.54, 1.807) is 0 Å². The second-order valence-electron chi connectivity index (χ2n) is 6.59. The Hall–Kier alpha value is -1.69. The Labute approximate surface area is 185 Å². The van der Waals surface area contributed by atoms with E-state index in [4.69, 9.17) is 23.2 Å². The molecule has 3 rings (SSSR count). The molecule has 0 atom stereocenters. The average molecular weight is 492 g/mol. The zero-order chi connectivity index (χ0) is 22.1. The molecule has 0 radical (unpaired) electrons. The van der Waals surface area contributed by atoms with Gasteiger partial charge in [0.1, 0.15) is 4.90 Å². The summed E-state index contributed by atoms with van der Waals surface area (Å²) in [7, 11) is -7.71. The van der Waals surface area contributed by atoms with E-state index in [0.717, 1.165) is 0 Å². The van der Waals surface area contributed by atoms with E-state index >= 15 is 0 Å². The number of rotatable bonds is 5. The maximum atomic E-state index is 12.9. The van der Waals surface area contributed by atoms with Crippen molar-refractivity contribution in [2.75, 3.05) is 31.5 Å². The summed E-state index contributed by atoms with van der Waals surface area (Å²) in [6.45, 7) is 1.30. The van der Waals surface area contributed by atoms with Crippen molar-refractivity contribution in [3.05, 3.63) is 52.5 Å². The van der Waals surface area contributed by atoms with Crippen LogP contribution in [-0.2, 0) is 24.8 Å². The van der Waals surface area contributed by atoms with Crippen LogP contribution >= 0.6 is 23.2 Å². The standard InChI is InChI=1S/C18H19Cl2N3O5S2/c1-13(24)21-15-3-5-16(6-4-15)29(25,26)22-8-10-23(11-9-22)30(27,28)18-12-14(19)2-7-17(18)20/h2-7,12H,8-11H2,1H3,(H,21,24). The zero-order valence-electron chi connectivity index (χ0n) is 15.9. The summed E-state index contributed by atoms with van der Waals surface area (Å²) in [6.07, 6.45) is 0. The van der Waals surface area contributed by atoms with Crippen molar-refractivity contribution in [3.63, 3.8) is 0 Å². The summed E-state index contributed by atoms with van der Waals surface area (Å²) >= 11 is 11.9. The first-order valence-electron chi connectivity index (χ1n) is 8.85. The number of amides is 1. The lowest BCUT2D eigenvalue weighted by molar-refractivity contribution is -0.114. The monoisotopic (exact) mass is 491 g/mol. The lowest BCUT2D eigenvalue weighted by atomic mass is 10.3. The Balaban J connectivity index is 1.74. The molecule has 1 aliphatic heterocycles. The topological polar surface area (TPSA) is 104 Å². The highest BCUT2D eigenvalue weighted by atomic mass is 35.5. The average Bonchev–Trinajstić information content (AvgIpc) is 2.70. The third-order valence-electron chi connectivity index (χ3n) is 4.52. The van der Waals surface area contributed by atoms with Gasteiger partial charge in [0.2, 0.25) is 26.0 Å². The van der Waals surface area contributed by atoms with E-state index < -0.39 is 20.0 Å². The molecule has 30 heavy (non-hydrogen) atoms. The molecular weight excluding hydrogens is 473 g/mol. The highest BCUT2D eigenvalue weighted by molar-refractivity contribution is 7.89. The van der Waals surface area contributed by atoms with Crippen molar-refractivity contribution < 1.29 is 21.6 Å². The number of hydrogen-bond donors (Lipinski definition) is 1. The number of carbonyl (C=O) groups is 1. The van der Waals surface area contributed by atoms with Crippen LogP contribution in [-0.4, -0.2) is 57.5 Å². The van der Waals surface area contributed by atoms with Crippen LogP contribution in [0.2, 0.25) is 10.0 Å². The van der Waals surface area contributed by atoms with Crippen LogP contribution in [0.5, 0.6) is 0 Å². The second-order valence-corrected chi connectivity index (χ2v) is 11.3. The number of benzene rings is 2. The minimum Gasteiger partial charge on any atom is -0.326 e. The summed E-state index contributed by atoms with van der Waals surface area (Å²) in [5.74, 6) is -0.261. The van der Waals surface area contributed by atoms with Gasteiger partial charge in [0.05, 0.1) is 9.92 Å². The number of nitrogens with zero attached hydrogens (tertiary/aromatic N) is 2. The molecule has 0 aromatic heterocycles. The summed E-state index contributed by atoms with van der Waals surface area (Å²) in [5, 5.41) is 2.86. The maximum absolute atomic E-state index is 12.9. The van der Waals surface area contributed by atoms with Crippen LogP contribution in [0.25, 0.3) is 0 Å². The molecule has 162 valence electrons. The molecule has 0 spiro atoms. The fourth-order valence-corrected chi connectivity index (χ4v) is 6.61.